The average molecular weight is 394 g/mol. The summed E-state index contributed by atoms with van der Waals surface area (Å²) in [5.41, 5.74) is 1.35. The highest BCUT2D eigenvalue weighted by molar-refractivity contribution is 6.43. The van der Waals surface area contributed by atoms with Crippen LogP contribution < -0.4 is 9.64 Å². The fourth-order valence-electron chi connectivity index (χ4n) is 2.92. The van der Waals surface area contributed by atoms with Gasteiger partial charge in [-0.3, -0.25) is 4.90 Å². The molecule has 0 radical (unpaired) electrons. The predicted molar refractivity (Wildman–Crippen MR) is 102 cm³/mol. The molecule has 0 aromatic heterocycles. The van der Waals surface area contributed by atoms with Crippen molar-refractivity contribution in [3.63, 3.8) is 0 Å². The Labute approximate surface area is 162 Å². The van der Waals surface area contributed by atoms with E-state index >= 15 is 0 Å². The van der Waals surface area contributed by atoms with Gasteiger partial charge in [0.05, 0.1) is 27.4 Å². The second-order valence-electron chi connectivity index (χ2n) is 6.01. The number of hydrogen-bond acceptors (Lipinski definition) is 4. The zero-order valence-electron chi connectivity index (χ0n) is 14.1. The molecular weight excluding hydrogens is 376 g/mol. The number of anilines is 1. The molecule has 3 rings (SSSR count). The molecule has 0 atom stereocenters. The van der Waals surface area contributed by atoms with E-state index in [1.54, 1.807) is 18.2 Å². The van der Waals surface area contributed by atoms with Gasteiger partial charge in [-0.1, -0.05) is 29.3 Å². The van der Waals surface area contributed by atoms with E-state index in [4.69, 9.17) is 33.2 Å². The molecule has 26 heavy (non-hydrogen) atoms. The number of nitrogens with zero attached hydrogens (tertiary/aromatic N) is 3. The van der Waals surface area contributed by atoms with Crippen molar-refractivity contribution in [3.8, 4) is 11.8 Å². The molecule has 0 N–H and O–H groups in total. The molecule has 0 bridgehead atoms. The lowest BCUT2D eigenvalue weighted by Crippen LogP contribution is -2.47. The van der Waals surface area contributed by atoms with Crippen molar-refractivity contribution in [3.05, 3.63) is 57.8 Å². The first-order chi connectivity index (χ1) is 12.6. The Hall–Kier alpha value is -2.00. The number of hydrogen-bond donors (Lipinski definition) is 0. The van der Waals surface area contributed by atoms with Crippen LogP contribution in [-0.4, -0.2) is 44.2 Å². The Balaban J connectivity index is 1.48. The van der Waals surface area contributed by atoms with Gasteiger partial charge >= 0.3 is 0 Å². The lowest BCUT2D eigenvalue weighted by molar-refractivity contribution is 0.200. The lowest BCUT2D eigenvalue weighted by Gasteiger charge is -2.36. The predicted octanol–water partition coefficient (Wildman–Crippen LogP) is 4.21. The van der Waals surface area contributed by atoms with Crippen LogP contribution in [0.2, 0.25) is 10.0 Å². The Kier molecular flexibility index (Phi) is 6.20. The minimum Gasteiger partial charge on any atom is -0.492 e. The van der Waals surface area contributed by atoms with Gasteiger partial charge in [-0.05, 0) is 30.3 Å². The standard InChI is InChI=1S/C19H18Cl2FN3O/c20-18-16(22)4-5-17(19(18)21)25-8-6-24(7-9-25)10-11-26-15-3-1-2-14(12-15)13-23/h1-5,12H,6-11H2. The topological polar surface area (TPSA) is 39.5 Å². The summed E-state index contributed by atoms with van der Waals surface area (Å²) in [5.74, 6) is 0.201. The monoisotopic (exact) mass is 393 g/mol. The van der Waals surface area contributed by atoms with Crippen LogP contribution in [0.1, 0.15) is 5.56 Å². The largest absolute Gasteiger partial charge is 0.492 e. The van der Waals surface area contributed by atoms with Crippen LogP contribution in [-0.2, 0) is 0 Å². The van der Waals surface area contributed by atoms with Gasteiger partial charge < -0.3 is 9.64 Å². The molecule has 0 saturated carbocycles. The fraction of sp³-hybridized carbons (Fsp3) is 0.316. The van der Waals surface area contributed by atoms with E-state index in [-0.39, 0.29) is 10.0 Å². The van der Waals surface area contributed by atoms with Crippen LogP contribution in [0, 0.1) is 17.1 Å². The summed E-state index contributed by atoms with van der Waals surface area (Å²) in [5, 5.41) is 9.14. The van der Waals surface area contributed by atoms with E-state index in [0.717, 1.165) is 38.4 Å². The molecular formula is C19H18Cl2FN3O. The second-order valence-corrected chi connectivity index (χ2v) is 6.77. The van der Waals surface area contributed by atoms with Gasteiger partial charge in [0, 0.05) is 32.7 Å². The van der Waals surface area contributed by atoms with Crippen molar-refractivity contribution >= 4 is 28.9 Å². The number of ether oxygens (including phenoxy) is 1. The molecule has 136 valence electrons. The molecule has 1 saturated heterocycles. The molecule has 0 amide bonds. The molecule has 7 heteroatoms. The maximum atomic E-state index is 13.4. The summed E-state index contributed by atoms with van der Waals surface area (Å²) >= 11 is 12.1. The van der Waals surface area contributed by atoms with Crippen molar-refractivity contribution in [2.45, 2.75) is 0 Å². The molecule has 1 aliphatic heterocycles. The maximum Gasteiger partial charge on any atom is 0.143 e. The van der Waals surface area contributed by atoms with Crippen LogP contribution in [0.25, 0.3) is 0 Å². The maximum absolute atomic E-state index is 13.4. The van der Waals surface area contributed by atoms with E-state index in [1.165, 1.54) is 6.07 Å². The molecule has 2 aromatic rings. The highest BCUT2D eigenvalue weighted by Gasteiger charge is 2.21. The van der Waals surface area contributed by atoms with Crippen LogP contribution in [0.15, 0.2) is 36.4 Å². The smallest absolute Gasteiger partial charge is 0.143 e. The molecule has 2 aromatic carbocycles. The Morgan fingerprint density at radius 1 is 1.08 bits per heavy atom. The number of nitriles is 1. The van der Waals surface area contributed by atoms with Gasteiger partial charge in [0.25, 0.3) is 0 Å². The van der Waals surface area contributed by atoms with E-state index in [1.807, 2.05) is 12.1 Å². The second kappa shape index (κ2) is 8.59. The average Bonchev–Trinajstić information content (AvgIpc) is 2.67. The van der Waals surface area contributed by atoms with Crippen molar-refractivity contribution in [1.29, 1.82) is 5.26 Å². The van der Waals surface area contributed by atoms with E-state index in [0.29, 0.717) is 17.9 Å². The Bertz CT molecular complexity index is 817. The van der Waals surface area contributed by atoms with E-state index < -0.39 is 5.82 Å². The number of halogens is 3. The van der Waals surface area contributed by atoms with Crippen molar-refractivity contribution in [2.24, 2.45) is 0 Å². The fourth-order valence-corrected chi connectivity index (χ4v) is 3.35. The summed E-state index contributed by atoms with van der Waals surface area (Å²) in [4.78, 5) is 4.41. The third kappa shape index (κ3) is 4.39. The third-order valence-corrected chi connectivity index (χ3v) is 5.22. The first kappa shape index (κ1) is 18.8. The lowest BCUT2D eigenvalue weighted by atomic mass is 10.2. The molecule has 1 heterocycles. The zero-order valence-corrected chi connectivity index (χ0v) is 15.6. The minimum absolute atomic E-state index is 0.0282. The normalized spacial score (nSPS) is 14.9. The summed E-state index contributed by atoms with van der Waals surface area (Å²) in [6.45, 7) is 4.62. The van der Waals surface area contributed by atoms with Gasteiger partial charge in [0.2, 0.25) is 0 Å². The Morgan fingerprint density at radius 3 is 2.58 bits per heavy atom. The summed E-state index contributed by atoms with van der Waals surface area (Å²) in [7, 11) is 0. The Morgan fingerprint density at radius 2 is 1.85 bits per heavy atom. The van der Waals surface area contributed by atoms with E-state index in [9.17, 15) is 4.39 Å². The van der Waals surface area contributed by atoms with Gasteiger partial charge in [-0.2, -0.15) is 5.26 Å². The van der Waals surface area contributed by atoms with Crippen LogP contribution in [0.5, 0.6) is 5.75 Å². The summed E-state index contributed by atoms with van der Waals surface area (Å²) in [6, 6.07) is 12.3. The summed E-state index contributed by atoms with van der Waals surface area (Å²) in [6.07, 6.45) is 0. The number of rotatable bonds is 5. The van der Waals surface area contributed by atoms with Crippen molar-refractivity contribution < 1.29 is 9.13 Å². The molecule has 1 aliphatic rings. The van der Waals surface area contributed by atoms with Gasteiger partial charge in [0.15, 0.2) is 0 Å². The molecule has 4 nitrogen and oxygen atoms in total. The molecule has 0 unspecified atom stereocenters. The quantitative estimate of drug-likeness (QED) is 0.713. The number of piperazine rings is 1. The van der Waals surface area contributed by atoms with Crippen molar-refractivity contribution in [2.75, 3.05) is 44.2 Å². The van der Waals surface area contributed by atoms with E-state index in [2.05, 4.69) is 15.9 Å². The minimum atomic E-state index is -0.503. The number of benzene rings is 2. The first-order valence-corrected chi connectivity index (χ1v) is 9.08. The van der Waals surface area contributed by atoms with Gasteiger partial charge in [-0.15, -0.1) is 0 Å². The highest BCUT2D eigenvalue weighted by Crippen LogP contribution is 2.34. The molecule has 1 fully saturated rings. The van der Waals surface area contributed by atoms with Gasteiger partial charge in [-0.25, -0.2) is 4.39 Å². The molecule has 0 aliphatic carbocycles. The van der Waals surface area contributed by atoms with Crippen molar-refractivity contribution in [1.82, 2.24) is 4.90 Å². The third-order valence-electron chi connectivity index (χ3n) is 4.37. The van der Waals surface area contributed by atoms with Gasteiger partial charge in [0.1, 0.15) is 18.2 Å². The highest BCUT2D eigenvalue weighted by atomic mass is 35.5. The SMILES string of the molecule is N#Cc1cccc(OCCN2CCN(c3ccc(F)c(Cl)c3Cl)CC2)c1. The molecule has 0 spiro atoms. The van der Waals surface area contributed by atoms with Crippen LogP contribution in [0.3, 0.4) is 0 Å². The summed E-state index contributed by atoms with van der Waals surface area (Å²) < 4.78 is 19.2. The van der Waals surface area contributed by atoms with Crippen LogP contribution in [0.4, 0.5) is 10.1 Å². The van der Waals surface area contributed by atoms with Crippen LogP contribution >= 0.6 is 23.2 Å². The first-order valence-electron chi connectivity index (χ1n) is 8.32. The zero-order chi connectivity index (χ0) is 18.5.